The number of nitrogens with two attached hydrogens (primary N) is 1. The van der Waals surface area contributed by atoms with Gasteiger partial charge in [0.2, 0.25) is 17.7 Å². The number of hydrogen-bond acceptors (Lipinski definition) is 7. The minimum absolute atomic E-state index is 0.0495. The number of rotatable bonds is 4. The van der Waals surface area contributed by atoms with Crippen molar-refractivity contribution in [3.8, 4) is 5.88 Å². The summed E-state index contributed by atoms with van der Waals surface area (Å²) < 4.78 is 48.3. The van der Waals surface area contributed by atoms with E-state index in [2.05, 4.69) is 15.0 Å². The highest BCUT2D eigenvalue weighted by molar-refractivity contribution is 6.01. The third-order valence-corrected chi connectivity index (χ3v) is 5.78. The minimum atomic E-state index is -1.49. The smallest absolute Gasteiger partial charge is 0.255 e. The number of aliphatic imine (C=N–C) groups is 1. The summed E-state index contributed by atoms with van der Waals surface area (Å²) in [5, 5.41) is 0. The van der Waals surface area contributed by atoms with Crippen LogP contribution in [0.2, 0.25) is 0 Å². The van der Waals surface area contributed by atoms with Gasteiger partial charge in [0, 0.05) is 19.2 Å². The number of carbonyl (C=O) groups excluding carboxylic acids is 1. The zero-order valence-electron chi connectivity index (χ0n) is 17.2. The summed E-state index contributed by atoms with van der Waals surface area (Å²) in [6.45, 7) is 1.72. The standard InChI is InChI=1S/C20H21F3N6O2/c1-4-14-15(23)16(31-3)26-19(25-14)29-8-12-17(30)28(2)18(24)27-20(12,9-29)11-7-10(21)5-6-13(11)22/h5-7,12H,4,8-9H2,1-3H3,(H2,24,27)/t12-,20+/m0/s1. The fourth-order valence-electron chi connectivity index (χ4n) is 4.14. The van der Waals surface area contributed by atoms with E-state index < -0.39 is 34.8 Å². The molecule has 2 aliphatic heterocycles. The van der Waals surface area contributed by atoms with E-state index in [1.54, 1.807) is 11.8 Å². The molecule has 1 fully saturated rings. The molecule has 31 heavy (non-hydrogen) atoms. The molecule has 164 valence electrons. The maximum atomic E-state index is 14.8. The van der Waals surface area contributed by atoms with E-state index >= 15 is 0 Å². The van der Waals surface area contributed by atoms with Gasteiger partial charge >= 0.3 is 0 Å². The van der Waals surface area contributed by atoms with Crippen molar-refractivity contribution in [2.75, 3.05) is 32.1 Å². The Morgan fingerprint density at radius 2 is 2.03 bits per heavy atom. The van der Waals surface area contributed by atoms with E-state index in [1.165, 1.54) is 19.1 Å². The number of anilines is 1. The molecular formula is C20H21F3N6O2. The topological polar surface area (TPSA) is 96.9 Å². The molecule has 11 heteroatoms. The Bertz CT molecular complexity index is 1070. The largest absolute Gasteiger partial charge is 0.479 e. The van der Waals surface area contributed by atoms with Gasteiger partial charge in [-0.2, -0.15) is 9.37 Å². The third-order valence-electron chi connectivity index (χ3n) is 5.78. The number of halogens is 3. The van der Waals surface area contributed by atoms with Gasteiger partial charge in [0.05, 0.1) is 25.3 Å². The van der Waals surface area contributed by atoms with Crippen LogP contribution in [-0.2, 0) is 16.8 Å². The number of carbonyl (C=O) groups is 1. The molecule has 1 aromatic heterocycles. The molecule has 0 unspecified atom stereocenters. The molecule has 2 N–H and O–H groups in total. The summed E-state index contributed by atoms with van der Waals surface area (Å²) in [5.41, 5.74) is 4.51. The second-order valence-electron chi connectivity index (χ2n) is 7.50. The van der Waals surface area contributed by atoms with E-state index in [9.17, 15) is 18.0 Å². The average molecular weight is 434 g/mol. The number of ether oxygens (including phenoxy) is 1. The molecule has 0 radical (unpaired) electrons. The van der Waals surface area contributed by atoms with Crippen LogP contribution in [0.4, 0.5) is 19.1 Å². The normalized spacial score (nSPS) is 23.1. The first-order valence-corrected chi connectivity index (χ1v) is 9.65. The first-order chi connectivity index (χ1) is 14.7. The van der Waals surface area contributed by atoms with Crippen LogP contribution < -0.4 is 15.4 Å². The summed E-state index contributed by atoms with van der Waals surface area (Å²) in [4.78, 5) is 28.6. The van der Waals surface area contributed by atoms with Gasteiger partial charge < -0.3 is 15.4 Å². The van der Waals surface area contributed by atoms with E-state index in [4.69, 9.17) is 10.5 Å². The fourth-order valence-corrected chi connectivity index (χ4v) is 4.14. The third kappa shape index (κ3) is 3.15. The number of aromatic nitrogens is 2. The Balaban J connectivity index is 1.88. The second-order valence-corrected chi connectivity index (χ2v) is 7.50. The number of amides is 1. The van der Waals surface area contributed by atoms with Crippen LogP contribution in [0.3, 0.4) is 0 Å². The Hall–Kier alpha value is -3.37. The molecule has 2 aliphatic rings. The summed E-state index contributed by atoms with van der Waals surface area (Å²) in [5.74, 6) is -3.59. The van der Waals surface area contributed by atoms with Gasteiger partial charge in [-0.15, -0.1) is 0 Å². The zero-order valence-corrected chi connectivity index (χ0v) is 17.2. The van der Waals surface area contributed by atoms with Crippen molar-refractivity contribution >= 4 is 17.8 Å². The lowest BCUT2D eigenvalue weighted by Gasteiger charge is -2.37. The molecule has 0 spiro atoms. The quantitative estimate of drug-likeness (QED) is 0.785. The summed E-state index contributed by atoms with van der Waals surface area (Å²) in [6.07, 6.45) is 0.283. The van der Waals surface area contributed by atoms with Crippen molar-refractivity contribution in [1.82, 2.24) is 14.9 Å². The summed E-state index contributed by atoms with van der Waals surface area (Å²) in [6, 6.07) is 2.99. The minimum Gasteiger partial charge on any atom is -0.479 e. The zero-order chi connectivity index (χ0) is 22.5. The Morgan fingerprint density at radius 3 is 2.71 bits per heavy atom. The second kappa shape index (κ2) is 7.40. The lowest BCUT2D eigenvalue weighted by atomic mass is 9.79. The van der Waals surface area contributed by atoms with Gasteiger partial charge in [-0.3, -0.25) is 9.69 Å². The van der Waals surface area contributed by atoms with Gasteiger partial charge in [0.1, 0.15) is 17.2 Å². The van der Waals surface area contributed by atoms with Gasteiger partial charge in [0.25, 0.3) is 5.88 Å². The maximum Gasteiger partial charge on any atom is 0.255 e. The highest BCUT2D eigenvalue weighted by atomic mass is 19.1. The molecule has 0 bridgehead atoms. The van der Waals surface area contributed by atoms with E-state index in [-0.39, 0.29) is 48.6 Å². The number of hydrogen-bond donors (Lipinski definition) is 1. The van der Waals surface area contributed by atoms with Crippen LogP contribution in [0.15, 0.2) is 23.2 Å². The van der Waals surface area contributed by atoms with Crippen molar-refractivity contribution in [2.24, 2.45) is 16.6 Å². The number of methoxy groups -OCH3 is 1. The van der Waals surface area contributed by atoms with Gasteiger partial charge in [-0.05, 0) is 24.6 Å². The summed E-state index contributed by atoms with van der Waals surface area (Å²) in [7, 11) is 2.74. The lowest BCUT2D eigenvalue weighted by Crippen LogP contribution is -2.54. The number of guanidine groups is 1. The van der Waals surface area contributed by atoms with Crippen LogP contribution in [0.25, 0.3) is 0 Å². The highest BCUT2D eigenvalue weighted by Gasteiger charge is 2.57. The fraction of sp³-hybridized carbons (Fsp3) is 0.400. The molecule has 2 aromatic rings. The molecule has 4 rings (SSSR count). The van der Waals surface area contributed by atoms with Crippen molar-refractivity contribution in [1.29, 1.82) is 0 Å². The Labute approximate surface area is 176 Å². The molecule has 3 heterocycles. The van der Waals surface area contributed by atoms with Crippen molar-refractivity contribution in [3.05, 3.63) is 46.9 Å². The monoisotopic (exact) mass is 434 g/mol. The molecule has 1 aromatic carbocycles. The molecule has 0 saturated carbocycles. The van der Waals surface area contributed by atoms with Crippen LogP contribution in [-0.4, -0.2) is 54.0 Å². The first kappa shape index (κ1) is 20.9. The maximum absolute atomic E-state index is 14.8. The molecule has 1 saturated heterocycles. The number of benzene rings is 1. The van der Waals surface area contributed by atoms with Crippen LogP contribution in [0.1, 0.15) is 18.2 Å². The number of nitrogens with zero attached hydrogens (tertiary/aromatic N) is 5. The van der Waals surface area contributed by atoms with Gasteiger partial charge in [0.15, 0.2) is 5.96 Å². The molecule has 8 nitrogen and oxygen atoms in total. The van der Waals surface area contributed by atoms with Crippen LogP contribution in [0, 0.1) is 23.4 Å². The molecule has 0 aliphatic carbocycles. The van der Waals surface area contributed by atoms with Gasteiger partial charge in [-0.25, -0.2) is 18.8 Å². The first-order valence-electron chi connectivity index (χ1n) is 9.65. The highest BCUT2D eigenvalue weighted by Crippen LogP contribution is 2.46. The molecular weight excluding hydrogens is 413 g/mol. The van der Waals surface area contributed by atoms with E-state index in [1.807, 2.05) is 0 Å². The SMILES string of the molecule is CCc1nc(N2C[C@H]3C(=O)N(C)C(N)=N[C@@]3(c3cc(F)ccc3F)C2)nc(OC)c1F. The van der Waals surface area contributed by atoms with Gasteiger partial charge in [-0.1, -0.05) is 6.92 Å². The van der Waals surface area contributed by atoms with Crippen molar-refractivity contribution in [3.63, 3.8) is 0 Å². The predicted octanol–water partition coefficient (Wildman–Crippen LogP) is 1.58. The molecule has 2 atom stereocenters. The number of fused-ring (bicyclic) bond motifs is 1. The summed E-state index contributed by atoms with van der Waals surface area (Å²) >= 11 is 0. The predicted molar refractivity (Wildman–Crippen MR) is 106 cm³/mol. The van der Waals surface area contributed by atoms with Crippen LogP contribution in [0.5, 0.6) is 5.88 Å². The van der Waals surface area contributed by atoms with Crippen molar-refractivity contribution < 1.29 is 22.7 Å². The average Bonchev–Trinajstić information content (AvgIpc) is 3.14. The van der Waals surface area contributed by atoms with Crippen LogP contribution >= 0.6 is 0 Å². The van der Waals surface area contributed by atoms with E-state index in [0.717, 1.165) is 18.2 Å². The Kier molecular flexibility index (Phi) is 4.98. The van der Waals surface area contributed by atoms with E-state index in [0.29, 0.717) is 0 Å². The lowest BCUT2D eigenvalue weighted by molar-refractivity contribution is -0.132. The number of aryl methyl sites for hydroxylation is 1. The molecule has 1 amide bonds. The van der Waals surface area contributed by atoms with Crippen molar-refractivity contribution in [2.45, 2.75) is 18.9 Å². The Morgan fingerprint density at radius 1 is 1.29 bits per heavy atom.